The predicted octanol–water partition coefficient (Wildman–Crippen LogP) is 3.02. The number of carbonyl (C=O) groups is 1. The van der Waals surface area contributed by atoms with E-state index in [4.69, 9.17) is 9.84 Å². The van der Waals surface area contributed by atoms with Gasteiger partial charge in [-0.1, -0.05) is 19.1 Å². The molecule has 4 nitrogen and oxygen atoms in total. The van der Waals surface area contributed by atoms with Crippen molar-refractivity contribution in [1.82, 2.24) is 4.90 Å². The Kier molecular flexibility index (Phi) is 5.62. The van der Waals surface area contributed by atoms with Crippen LogP contribution in [0.15, 0.2) is 24.3 Å². The molecule has 2 atom stereocenters. The number of methoxy groups -OCH3 is 1. The van der Waals surface area contributed by atoms with Gasteiger partial charge in [0.2, 0.25) is 0 Å². The molecule has 0 amide bonds. The first-order chi connectivity index (χ1) is 10.1. The van der Waals surface area contributed by atoms with Gasteiger partial charge in [0.25, 0.3) is 0 Å². The van der Waals surface area contributed by atoms with E-state index in [-0.39, 0.29) is 12.3 Å². The third kappa shape index (κ3) is 4.74. The fraction of sp³-hybridized carbons (Fsp3) is 0.588. The lowest BCUT2D eigenvalue weighted by molar-refractivity contribution is -0.138. The number of likely N-dealkylation sites (tertiary alicyclic amines) is 1. The fourth-order valence-corrected chi connectivity index (χ4v) is 3.13. The maximum atomic E-state index is 10.9. The van der Waals surface area contributed by atoms with Crippen LogP contribution in [0, 0.1) is 11.8 Å². The third-order valence-corrected chi connectivity index (χ3v) is 4.41. The molecule has 1 aliphatic heterocycles. The summed E-state index contributed by atoms with van der Waals surface area (Å²) in [4.78, 5) is 13.3. The van der Waals surface area contributed by atoms with E-state index < -0.39 is 5.97 Å². The molecule has 0 aliphatic carbocycles. The van der Waals surface area contributed by atoms with Gasteiger partial charge in [-0.15, -0.1) is 0 Å². The first-order valence-corrected chi connectivity index (χ1v) is 7.65. The van der Waals surface area contributed by atoms with E-state index >= 15 is 0 Å². The molecule has 1 aromatic rings. The van der Waals surface area contributed by atoms with Gasteiger partial charge in [-0.05, 0) is 48.9 Å². The Hall–Kier alpha value is -1.55. The molecule has 1 aromatic carbocycles. The number of benzene rings is 1. The Labute approximate surface area is 126 Å². The van der Waals surface area contributed by atoms with Crippen LogP contribution in [0.4, 0.5) is 0 Å². The molecular weight excluding hydrogens is 266 g/mol. The number of rotatable bonds is 6. The maximum Gasteiger partial charge on any atom is 0.303 e. The number of ether oxygens (including phenoxy) is 1. The zero-order valence-corrected chi connectivity index (χ0v) is 12.9. The standard InChI is InChI=1S/C17H25NO3/c1-13(10-17(19)20)15-4-3-9-18(12-15)11-14-5-7-16(21-2)8-6-14/h5-8,13,15H,3-4,9-12H2,1-2H3,(H,19,20). The minimum absolute atomic E-state index is 0.251. The van der Waals surface area contributed by atoms with Gasteiger partial charge in [-0.2, -0.15) is 0 Å². The Morgan fingerprint density at radius 2 is 2.14 bits per heavy atom. The maximum absolute atomic E-state index is 10.9. The average Bonchev–Trinajstić information content (AvgIpc) is 2.47. The topological polar surface area (TPSA) is 49.8 Å². The molecule has 1 saturated heterocycles. The van der Waals surface area contributed by atoms with Gasteiger partial charge in [0, 0.05) is 19.5 Å². The predicted molar refractivity (Wildman–Crippen MR) is 82.4 cm³/mol. The highest BCUT2D eigenvalue weighted by Crippen LogP contribution is 2.27. The van der Waals surface area contributed by atoms with Crippen molar-refractivity contribution < 1.29 is 14.6 Å². The van der Waals surface area contributed by atoms with Crippen LogP contribution in [0.1, 0.15) is 31.7 Å². The molecule has 4 heteroatoms. The zero-order chi connectivity index (χ0) is 15.2. The molecule has 0 bridgehead atoms. The van der Waals surface area contributed by atoms with Gasteiger partial charge in [0.05, 0.1) is 7.11 Å². The SMILES string of the molecule is COc1ccc(CN2CCCC(C(C)CC(=O)O)C2)cc1. The summed E-state index contributed by atoms with van der Waals surface area (Å²) in [5.41, 5.74) is 1.28. The van der Waals surface area contributed by atoms with Gasteiger partial charge in [-0.3, -0.25) is 9.69 Å². The molecule has 1 aliphatic rings. The van der Waals surface area contributed by atoms with E-state index in [0.29, 0.717) is 5.92 Å². The summed E-state index contributed by atoms with van der Waals surface area (Å²) < 4.78 is 5.18. The third-order valence-electron chi connectivity index (χ3n) is 4.41. The molecule has 116 valence electrons. The lowest BCUT2D eigenvalue weighted by Gasteiger charge is -2.35. The van der Waals surface area contributed by atoms with Crippen molar-refractivity contribution >= 4 is 5.97 Å². The number of aliphatic carboxylic acids is 1. The molecular formula is C17H25NO3. The quantitative estimate of drug-likeness (QED) is 0.875. The van der Waals surface area contributed by atoms with Crippen LogP contribution in [0.5, 0.6) is 5.75 Å². The highest BCUT2D eigenvalue weighted by molar-refractivity contribution is 5.67. The van der Waals surface area contributed by atoms with E-state index in [9.17, 15) is 4.79 Å². The highest BCUT2D eigenvalue weighted by Gasteiger charge is 2.25. The second kappa shape index (κ2) is 7.46. The summed E-state index contributed by atoms with van der Waals surface area (Å²) in [6.07, 6.45) is 2.58. The average molecular weight is 291 g/mol. The molecule has 0 radical (unpaired) electrons. The summed E-state index contributed by atoms with van der Waals surface area (Å²) >= 11 is 0. The molecule has 0 spiro atoms. The van der Waals surface area contributed by atoms with Crippen LogP contribution in [0.25, 0.3) is 0 Å². The Balaban J connectivity index is 1.89. The van der Waals surface area contributed by atoms with Crippen LogP contribution in [0.3, 0.4) is 0 Å². The minimum Gasteiger partial charge on any atom is -0.497 e. The molecule has 2 rings (SSSR count). The molecule has 0 saturated carbocycles. The van der Waals surface area contributed by atoms with Crippen LogP contribution in [0.2, 0.25) is 0 Å². The van der Waals surface area contributed by atoms with E-state index in [0.717, 1.165) is 38.2 Å². The summed E-state index contributed by atoms with van der Waals surface area (Å²) in [6, 6.07) is 8.18. The Bertz CT molecular complexity index is 458. The minimum atomic E-state index is -0.685. The number of hydrogen-bond donors (Lipinski definition) is 1. The first-order valence-electron chi connectivity index (χ1n) is 7.65. The number of carboxylic acid groups (broad SMARTS) is 1. The van der Waals surface area contributed by atoms with E-state index in [1.54, 1.807) is 7.11 Å². The van der Waals surface area contributed by atoms with E-state index in [2.05, 4.69) is 24.0 Å². The van der Waals surface area contributed by atoms with Crippen molar-refractivity contribution in [3.05, 3.63) is 29.8 Å². The van der Waals surface area contributed by atoms with Crippen molar-refractivity contribution in [2.75, 3.05) is 20.2 Å². The van der Waals surface area contributed by atoms with Crippen molar-refractivity contribution in [3.8, 4) is 5.75 Å². The van der Waals surface area contributed by atoms with Gasteiger partial charge in [0.15, 0.2) is 0 Å². The molecule has 1 fully saturated rings. The summed E-state index contributed by atoms with van der Waals surface area (Å²) in [5, 5.41) is 8.94. The number of hydrogen-bond acceptors (Lipinski definition) is 3. The normalized spacial score (nSPS) is 21.0. The van der Waals surface area contributed by atoms with Crippen LogP contribution in [-0.4, -0.2) is 36.2 Å². The zero-order valence-electron chi connectivity index (χ0n) is 12.9. The monoisotopic (exact) mass is 291 g/mol. The van der Waals surface area contributed by atoms with E-state index in [1.807, 2.05) is 12.1 Å². The van der Waals surface area contributed by atoms with Crippen molar-refractivity contribution in [3.63, 3.8) is 0 Å². The van der Waals surface area contributed by atoms with Crippen molar-refractivity contribution in [2.45, 2.75) is 32.7 Å². The smallest absolute Gasteiger partial charge is 0.303 e. The Morgan fingerprint density at radius 3 is 2.76 bits per heavy atom. The molecule has 21 heavy (non-hydrogen) atoms. The molecule has 0 aromatic heterocycles. The largest absolute Gasteiger partial charge is 0.497 e. The highest BCUT2D eigenvalue weighted by atomic mass is 16.5. The lowest BCUT2D eigenvalue weighted by Crippen LogP contribution is -2.37. The second-order valence-corrected chi connectivity index (χ2v) is 6.06. The van der Waals surface area contributed by atoms with Gasteiger partial charge >= 0.3 is 5.97 Å². The molecule has 1 heterocycles. The lowest BCUT2D eigenvalue weighted by atomic mass is 9.84. The van der Waals surface area contributed by atoms with Gasteiger partial charge in [0.1, 0.15) is 5.75 Å². The summed E-state index contributed by atoms with van der Waals surface area (Å²) in [5.74, 6) is 0.939. The Morgan fingerprint density at radius 1 is 1.43 bits per heavy atom. The molecule has 2 unspecified atom stereocenters. The van der Waals surface area contributed by atoms with Gasteiger partial charge < -0.3 is 9.84 Å². The number of piperidine rings is 1. The van der Waals surface area contributed by atoms with Crippen LogP contribution in [-0.2, 0) is 11.3 Å². The molecule has 1 N–H and O–H groups in total. The second-order valence-electron chi connectivity index (χ2n) is 6.06. The van der Waals surface area contributed by atoms with E-state index in [1.165, 1.54) is 5.56 Å². The van der Waals surface area contributed by atoms with Crippen LogP contribution >= 0.6 is 0 Å². The summed E-state index contributed by atoms with van der Waals surface area (Å²) in [6.45, 7) is 5.10. The number of carboxylic acids is 1. The van der Waals surface area contributed by atoms with Crippen molar-refractivity contribution in [1.29, 1.82) is 0 Å². The first kappa shape index (κ1) is 15.8. The fourth-order valence-electron chi connectivity index (χ4n) is 3.13. The summed E-state index contributed by atoms with van der Waals surface area (Å²) in [7, 11) is 1.67. The van der Waals surface area contributed by atoms with Crippen molar-refractivity contribution in [2.24, 2.45) is 11.8 Å². The van der Waals surface area contributed by atoms with Crippen LogP contribution < -0.4 is 4.74 Å². The van der Waals surface area contributed by atoms with Gasteiger partial charge in [-0.25, -0.2) is 0 Å². The number of nitrogens with zero attached hydrogens (tertiary/aromatic N) is 1.